The summed E-state index contributed by atoms with van der Waals surface area (Å²) in [6, 6.07) is 2.06. The largest absolute Gasteiger partial charge is 0.441 e. The monoisotopic (exact) mass is 269 g/mol. The third-order valence-electron chi connectivity index (χ3n) is 2.05. The van der Waals surface area contributed by atoms with Crippen LogP contribution < -0.4 is 5.32 Å². The van der Waals surface area contributed by atoms with Gasteiger partial charge in [0.1, 0.15) is 0 Å². The molecule has 0 aliphatic rings. The molecule has 1 N–H and O–H groups in total. The Morgan fingerprint density at radius 3 is 2.81 bits per heavy atom. The van der Waals surface area contributed by atoms with E-state index in [2.05, 4.69) is 18.3 Å². The lowest BCUT2D eigenvalue weighted by molar-refractivity contribution is -0.0327. The molecule has 16 heavy (non-hydrogen) atoms. The Hall–Kier alpha value is -0.200. The summed E-state index contributed by atoms with van der Waals surface area (Å²) in [4.78, 5) is 1.22. The van der Waals surface area contributed by atoms with E-state index in [1.807, 2.05) is 5.38 Å². The SMILES string of the molecule is CCc1ccsc1CNCCSC(F)(F)F. The summed E-state index contributed by atoms with van der Waals surface area (Å²) in [6.45, 7) is 3.12. The van der Waals surface area contributed by atoms with E-state index in [4.69, 9.17) is 0 Å². The van der Waals surface area contributed by atoms with Gasteiger partial charge in [-0.1, -0.05) is 6.92 Å². The third kappa shape index (κ3) is 5.23. The summed E-state index contributed by atoms with van der Waals surface area (Å²) in [5, 5.41) is 5.04. The number of nitrogens with one attached hydrogen (secondary N) is 1. The van der Waals surface area contributed by atoms with Gasteiger partial charge < -0.3 is 5.32 Å². The number of thiophene rings is 1. The van der Waals surface area contributed by atoms with E-state index in [9.17, 15) is 13.2 Å². The number of hydrogen-bond acceptors (Lipinski definition) is 3. The van der Waals surface area contributed by atoms with Crippen molar-refractivity contribution in [2.45, 2.75) is 25.4 Å². The second-order valence-electron chi connectivity index (χ2n) is 3.19. The molecule has 1 nitrogen and oxygen atoms in total. The van der Waals surface area contributed by atoms with Gasteiger partial charge in [0.25, 0.3) is 0 Å². The number of halogens is 3. The molecule has 0 radical (unpaired) electrons. The first-order valence-electron chi connectivity index (χ1n) is 4.99. The molecular formula is C10H14F3NS2. The minimum atomic E-state index is -4.11. The molecule has 92 valence electrons. The maximum absolute atomic E-state index is 11.8. The van der Waals surface area contributed by atoms with Gasteiger partial charge in [-0.2, -0.15) is 13.2 Å². The molecule has 0 unspecified atom stereocenters. The zero-order chi connectivity index (χ0) is 12.0. The van der Waals surface area contributed by atoms with Gasteiger partial charge in [-0.15, -0.1) is 11.3 Å². The Labute approximate surface area is 101 Å². The number of alkyl halides is 3. The van der Waals surface area contributed by atoms with E-state index >= 15 is 0 Å². The summed E-state index contributed by atoms with van der Waals surface area (Å²) in [5.74, 6) is 0.0658. The minimum Gasteiger partial charge on any atom is -0.311 e. The quantitative estimate of drug-likeness (QED) is 0.791. The molecule has 1 aromatic rings. The number of rotatable bonds is 6. The molecule has 1 aromatic heterocycles. The molecular weight excluding hydrogens is 255 g/mol. The summed E-state index contributed by atoms with van der Waals surface area (Å²) in [7, 11) is 0. The van der Waals surface area contributed by atoms with Crippen molar-refractivity contribution < 1.29 is 13.2 Å². The summed E-state index contributed by atoms with van der Waals surface area (Å²) in [5.41, 5.74) is -2.83. The molecule has 6 heteroatoms. The van der Waals surface area contributed by atoms with Gasteiger partial charge in [0, 0.05) is 23.7 Å². The van der Waals surface area contributed by atoms with E-state index in [-0.39, 0.29) is 17.5 Å². The van der Waals surface area contributed by atoms with E-state index in [1.54, 1.807) is 11.3 Å². The van der Waals surface area contributed by atoms with Gasteiger partial charge in [-0.3, -0.25) is 0 Å². The number of aryl methyl sites for hydroxylation is 1. The number of hydrogen-bond donors (Lipinski definition) is 1. The highest BCUT2D eigenvalue weighted by Gasteiger charge is 2.27. The van der Waals surface area contributed by atoms with Crippen LogP contribution in [0, 0.1) is 0 Å². The van der Waals surface area contributed by atoms with Crippen LogP contribution in [0.5, 0.6) is 0 Å². The smallest absolute Gasteiger partial charge is 0.311 e. The molecule has 0 spiro atoms. The van der Waals surface area contributed by atoms with E-state index in [1.165, 1.54) is 10.4 Å². The van der Waals surface area contributed by atoms with Crippen LogP contribution in [0.3, 0.4) is 0 Å². The Morgan fingerprint density at radius 2 is 2.19 bits per heavy atom. The van der Waals surface area contributed by atoms with Gasteiger partial charge in [0.2, 0.25) is 0 Å². The zero-order valence-corrected chi connectivity index (χ0v) is 10.6. The van der Waals surface area contributed by atoms with Crippen molar-refractivity contribution in [3.05, 3.63) is 21.9 Å². The molecule has 0 fully saturated rings. The van der Waals surface area contributed by atoms with Crippen LogP contribution in [0.4, 0.5) is 13.2 Å². The predicted molar refractivity (Wildman–Crippen MR) is 63.9 cm³/mol. The topological polar surface area (TPSA) is 12.0 Å². The van der Waals surface area contributed by atoms with Crippen molar-refractivity contribution in [1.29, 1.82) is 0 Å². The molecule has 0 bridgehead atoms. The fourth-order valence-corrected chi connectivity index (χ4v) is 2.70. The van der Waals surface area contributed by atoms with E-state index < -0.39 is 5.51 Å². The van der Waals surface area contributed by atoms with Crippen LogP contribution in [0.15, 0.2) is 11.4 Å². The Morgan fingerprint density at radius 1 is 1.44 bits per heavy atom. The van der Waals surface area contributed by atoms with Crippen LogP contribution in [-0.4, -0.2) is 17.8 Å². The third-order valence-corrected chi connectivity index (χ3v) is 3.75. The highest BCUT2D eigenvalue weighted by molar-refractivity contribution is 8.00. The fourth-order valence-electron chi connectivity index (χ4n) is 1.28. The maximum atomic E-state index is 11.8. The molecule has 0 amide bonds. The van der Waals surface area contributed by atoms with Crippen molar-refractivity contribution in [3.8, 4) is 0 Å². The minimum absolute atomic E-state index is 0.0216. The first-order valence-corrected chi connectivity index (χ1v) is 6.86. The fraction of sp³-hybridized carbons (Fsp3) is 0.600. The van der Waals surface area contributed by atoms with Crippen molar-refractivity contribution in [1.82, 2.24) is 5.32 Å². The first-order chi connectivity index (χ1) is 7.53. The molecule has 1 rings (SSSR count). The van der Waals surface area contributed by atoms with Crippen molar-refractivity contribution in [2.24, 2.45) is 0 Å². The van der Waals surface area contributed by atoms with Crippen LogP contribution in [0.25, 0.3) is 0 Å². The van der Waals surface area contributed by atoms with Gasteiger partial charge in [0.15, 0.2) is 0 Å². The highest BCUT2D eigenvalue weighted by atomic mass is 32.2. The lowest BCUT2D eigenvalue weighted by Gasteiger charge is -2.07. The molecule has 0 saturated carbocycles. The van der Waals surface area contributed by atoms with Crippen molar-refractivity contribution in [3.63, 3.8) is 0 Å². The molecule has 1 heterocycles. The van der Waals surface area contributed by atoms with Crippen LogP contribution >= 0.6 is 23.1 Å². The number of thioether (sulfide) groups is 1. The van der Waals surface area contributed by atoms with Gasteiger partial charge >= 0.3 is 5.51 Å². The van der Waals surface area contributed by atoms with Crippen molar-refractivity contribution >= 4 is 23.1 Å². The predicted octanol–water partition coefficient (Wildman–Crippen LogP) is 3.65. The highest BCUT2D eigenvalue weighted by Crippen LogP contribution is 2.29. The normalized spacial score (nSPS) is 12.0. The zero-order valence-electron chi connectivity index (χ0n) is 8.93. The first kappa shape index (κ1) is 13.9. The lowest BCUT2D eigenvalue weighted by Crippen LogP contribution is -2.18. The Kier molecular flexibility index (Phi) is 5.64. The summed E-state index contributed by atoms with van der Waals surface area (Å²) in [6.07, 6.45) is 0.970. The maximum Gasteiger partial charge on any atom is 0.441 e. The molecule has 0 atom stereocenters. The molecule has 0 aliphatic heterocycles. The van der Waals surface area contributed by atoms with Gasteiger partial charge in [0.05, 0.1) is 0 Å². The van der Waals surface area contributed by atoms with Gasteiger partial charge in [-0.05, 0) is 35.2 Å². The molecule has 0 aromatic carbocycles. The van der Waals surface area contributed by atoms with Crippen LogP contribution in [0.2, 0.25) is 0 Å². The Balaban J connectivity index is 2.16. The summed E-state index contributed by atoms with van der Waals surface area (Å²) < 4.78 is 35.4. The van der Waals surface area contributed by atoms with Gasteiger partial charge in [-0.25, -0.2) is 0 Å². The second kappa shape index (κ2) is 6.51. The Bertz CT molecular complexity index is 309. The molecule has 0 aliphatic carbocycles. The standard InChI is InChI=1S/C10H14F3NS2/c1-2-8-3-5-15-9(8)7-14-4-6-16-10(11,12)13/h3,5,14H,2,4,6-7H2,1H3. The average Bonchev–Trinajstić information content (AvgIpc) is 2.63. The van der Waals surface area contributed by atoms with Crippen LogP contribution in [-0.2, 0) is 13.0 Å². The second-order valence-corrected chi connectivity index (χ2v) is 5.35. The van der Waals surface area contributed by atoms with Crippen LogP contribution in [0.1, 0.15) is 17.4 Å². The van der Waals surface area contributed by atoms with E-state index in [0.717, 1.165) is 6.42 Å². The summed E-state index contributed by atoms with van der Waals surface area (Å²) >= 11 is 1.67. The van der Waals surface area contributed by atoms with E-state index in [0.29, 0.717) is 13.1 Å². The van der Waals surface area contributed by atoms with Crippen molar-refractivity contribution in [2.75, 3.05) is 12.3 Å². The average molecular weight is 269 g/mol. The lowest BCUT2D eigenvalue weighted by atomic mass is 10.2. The molecule has 0 saturated heterocycles.